The monoisotopic (exact) mass is 366 g/mol. The molecule has 0 aliphatic carbocycles. The highest BCUT2D eigenvalue weighted by atomic mass is 35.5. The molecule has 0 aliphatic rings. The third-order valence-corrected chi connectivity index (χ3v) is 5.02. The summed E-state index contributed by atoms with van der Waals surface area (Å²) in [5.74, 6) is 0.195. The molecule has 2 aromatic carbocycles. The second-order valence-electron chi connectivity index (χ2n) is 5.76. The molecule has 0 aliphatic heterocycles. The molecule has 128 valence electrons. The van der Waals surface area contributed by atoms with E-state index < -0.39 is 10.0 Å². The number of hydrogen-bond donors (Lipinski definition) is 2. The topological polar surface area (TPSA) is 75.3 Å². The molecule has 2 N–H and O–H groups in total. The quantitative estimate of drug-likeness (QED) is 0.807. The molecule has 0 radical (unpaired) electrons. The van der Waals surface area contributed by atoms with E-state index in [1.807, 2.05) is 13.8 Å². The van der Waals surface area contributed by atoms with E-state index in [1.54, 1.807) is 36.4 Å². The van der Waals surface area contributed by atoms with Gasteiger partial charge in [0.15, 0.2) is 0 Å². The smallest absolute Gasteiger partial charge is 0.263 e. The number of sulfonamides is 1. The number of carbonyl (C=O) groups is 1. The minimum atomic E-state index is -3.77. The van der Waals surface area contributed by atoms with Crippen molar-refractivity contribution < 1.29 is 13.2 Å². The first-order valence-electron chi connectivity index (χ1n) is 7.45. The van der Waals surface area contributed by atoms with Crippen LogP contribution >= 0.6 is 11.6 Å². The average Bonchev–Trinajstić information content (AvgIpc) is 2.48. The van der Waals surface area contributed by atoms with Crippen LogP contribution in [0.15, 0.2) is 53.4 Å². The molecule has 2 rings (SSSR count). The van der Waals surface area contributed by atoms with Crippen LogP contribution in [0.5, 0.6) is 0 Å². The SMILES string of the molecule is CC(C)CC(=O)Nc1ccc(NS(=O)(=O)c2ccccc2Cl)cc1. The first-order valence-corrected chi connectivity index (χ1v) is 9.31. The minimum absolute atomic E-state index is 0.0148. The predicted molar refractivity (Wildman–Crippen MR) is 96.8 cm³/mol. The van der Waals surface area contributed by atoms with Gasteiger partial charge in [-0.1, -0.05) is 37.6 Å². The van der Waals surface area contributed by atoms with E-state index in [-0.39, 0.29) is 21.7 Å². The van der Waals surface area contributed by atoms with Crippen LogP contribution in [0.3, 0.4) is 0 Å². The normalized spacial score (nSPS) is 11.3. The zero-order chi connectivity index (χ0) is 17.7. The summed E-state index contributed by atoms with van der Waals surface area (Å²) in [7, 11) is -3.77. The summed E-state index contributed by atoms with van der Waals surface area (Å²) in [5, 5.41) is 2.92. The number of rotatable bonds is 6. The molecule has 2 aromatic rings. The summed E-state index contributed by atoms with van der Waals surface area (Å²) in [6.07, 6.45) is 0.431. The van der Waals surface area contributed by atoms with Crippen molar-refractivity contribution in [2.45, 2.75) is 25.2 Å². The van der Waals surface area contributed by atoms with Crippen LogP contribution in [-0.2, 0) is 14.8 Å². The molecule has 1 amide bonds. The van der Waals surface area contributed by atoms with Crippen molar-refractivity contribution in [3.8, 4) is 0 Å². The largest absolute Gasteiger partial charge is 0.326 e. The lowest BCUT2D eigenvalue weighted by Gasteiger charge is -2.11. The molecule has 0 saturated carbocycles. The van der Waals surface area contributed by atoms with Crippen LogP contribution in [0.25, 0.3) is 0 Å². The number of amides is 1. The Morgan fingerprint density at radius 3 is 2.21 bits per heavy atom. The molecule has 0 fully saturated rings. The maximum Gasteiger partial charge on any atom is 0.263 e. The summed E-state index contributed by atoms with van der Waals surface area (Å²) in [4.78, 5) is 11.7. The van der Waals surface area contributed by atoms with Gasteiger partial charge < -0.3 is 5.32 Å². The Labute approximate surface area is 147 Å². The van der Waals surface area contributed by atoms with Crippen molar-refractivity contribution >= 4 is 38.9 Å². The Hall–Kier alpha value is -2.05. The standard InChI is InChI=1S/C17H19ClN2O3S/c1-12(2)11-17(21)19-13-7-9-14(10-8-13)20-24(22,23)16-6-4-3-5-15(16)18/h3-10,12,20H,11H2,1-2H3,(H,19,21). The summed E-state index contributed by atoms with van der Waals surface area (Å²) < 4.78 is 27.1. The molecule has 7 heteroatoms. The van der Waals surface area contributed by atoms with E-state index in [1.165, 1.54) is 12.1 Å². The fraction of sp³-hybridized carbons (Fsp3) is 0.235. The van der Waals surface area contributed by atoms with E-state index in [4.69, 9.17) is 11.6 Å². The molecule has 24 heavy (non-hydrogen) atoms. The van der Waals surface area contributed by atoms with E-state index >= 15 is 0 Å². The van der Waals surface area contributed by atoms with Gasteiger partial charge >= 0.3 is 0 Å². The first-order chi connectivity index (χ1) is 11.3. The molecule has 0 aromatic heterocycles. The Balaban J connectivity index is 2.09. The highest BCUT2D eigenvalue weighted by molar-refractivity contribution is 7.92. The van der Waals surface area contributed by atoms with Crippen molar-refractivity contribution in [1.29, 1.82) is 0 Å². The zero-order valence-electron chi connectivity index (χ0n) is 13.4. The van der Waals surface area contributed by atoms with Crippen LogP contribution in [0.4, 0.5) is 11.4 Å². The van der Waals surface area contributed by atoms with Gasteiger partial charge in [-0.15, -0.1) is 0 Å². The van der Waals surface area contributed by atoms with Gasteiger partial charge in [-0.3, -0.25) is 9.52 Å². The lowest BCUT2D eigenvalue weighted by Crippen LogP contribution is -2.15. The van der Waals surface area contributed by atoms with Crippen LogP contribution < -0.4 is 10.0 Å². The zero-order valence-corrected chi connectivity index (χ0v) is 15.0. The van der Waals surface area contributed by atoms with Crippen LogP contribution in [0.1, 0.15) is 20.3 Å². The van der Waals surface area contributed by atoms with Gasteiger partial charge in [-0.05, 0) is 42.3 Å². The fourth-order valence-corrected chi connectivity index (χ4v) is 3.66. The van der Waals surface area contributed by atoms with E-state index in [9.17, 15) is 13.2 Å². The maximum absolute atomic E-state index is 12.3. The Bertz CT molecular complexity index is 818. The van der Waals surface area contributed by atoms with Crippen molar-refractivity contribution in [3.63, 3.8) is 0 Å². The summed E-state index contributed by atoms with van der Waals surface area (Å²) in [6.45, 7) is 3.93. The molecule has 0 heterocycles. The fourth-order valence-electron chi connectivity index (χ4n) is 2.08. The second kappa shape index (κ2) is 7.68. The molecule has 0 spiro atoms. The third kappa shape index (κ3) is 4.97. The van der Waals surface area contributed by atoms with E-state index in [0.29, 0.717) is 17.8 Å². The minimum Gasteiger partial charge on any atom is -0.326 e. The van der Waals surface area contributed by atoms with Crippen molar-refractivity contribution in [1.82, 2.24) is 0 Å². The number of halogens is 1. The number of anilines is 2. The number of hydrogen-bond acceptors (Lipinski definition) is 3. The van der Waals surface area contributed by atoms with Gasteiger partial charge in [0.25, 0.3) is 10.0 Å². The van der Waals surface area contributed by atoms with E-state index in [2.05, 4.69) is 10.0 Å². The van der Waals surface area contributed by atoms with Crippen LogP contribution in [0.2, 0.25) is 5.02 Å². The number of carbonyl (C=O) groups excluding carboxylic acids is 1. The average molecular weight is 367 g/mol. The molecule has 0 atom stereocenters. The number of benzene rings is 2. The first kappa shape index (κ1) is 18.3. The second-order valence-corrected chi connectivity index (χ2v) is 7.82. The molecule has 0 bridgehead atoms. The summed E-state index contributed by atoms with van der Waals surface area (Å²) in [5.41, 5.74) is 0.998. The number of nitrogens with one attached hydrogen (secondary N) is 2. The summed E-state index contributed by atoms with van der Waals surface area (Å²) in [6, 6.07) is 12.7. The predicted octanol–water partition coefficient (Wildman–Crippen LogP) is 4.13. The molecule has 0 saturated heterocycles. The van der Waals surface area contributed by atoms with Gasteiger partial charge in [-0.2, -0.15) is 0 Å². The third-order valence-electron chi connectivity index (χ3n) is 3.14. The highest BCUT2D eigenvalue weighted by Gasteiger charge is 2.17. The van der Waals surface area contributed by atoms with Gasteiger partial charge in [0.1, 0.15) is 4.90 Å². The molecular weight excluding hydrogens is 348 g/mol. The van der Waals surface area contributed by atoms with Gasteiger partial charge in [0, 0.05) is 17.8 Å². The van der Waals surface area contributed by atoms with E-state index in [0.717, 1.165) is 0 Å². The van der Waals surface area contributed by atoms with Gasteiger partial charge in [0.2, 0.25) is 5.91 Å². The van der Waals surface area contributed by atoms with Gasteiger partial charge in [0.05, 0.1) is 5.02 Å². The Morgan fingerprint density at radius 2 is 1.62 bits per heavy atom. The lowest BCUT2D eigenvalue weighted by molar-refractivity contribution is -0.116. The van der Waals surface area contributed by atoms with Crippen LogP contribution in [-0.4, -0.2) is 14.3 Å². The van der Waals surface area contributed by atoms with Crippen molar-refractivity contribution in [2.75, 3.05) is 10.0 Å². The highest BCUT2D eigenvalue weighted by Crippen LogP contribution is 2.24. The van der Waals surface area contributed by atoms with Crippen LogP contribution in [0, 0.1) is 5.92 Å². The van der Waals surface area contributed by atoms with Gasteiger partial charge in [-0.25, -0.2) is 8.42 Å². The Morgan fingerprint density at radius 1 is 1.04 bits per heavy atom. The Kier molecular flexibility index (Phi) is 5.85. The van der Waals surface area contributed by atoms with Crippen molar-refractivity contribution in [3.05, 3.63) is 53.6 Å². The molecular formula is C17H19ClN2O3S. The summed E-state index contributed by atoms with van der Waals surface area (Å²) >= 11 is 5.93. The molecule has 0 unspecified atom stereocenters. The lowest BCUT2D eigenvalue weighted by atomic mass is 10.1. The van der Waals surface area contributed by atoms with Crippen molar-refractivity contribution in [2.24, 2.45) is 5.92 Å². The maximum atomic E-state index is 12.3. The molecule has 5 nitrogen and oxygen atoms in total.